The van der Waals surface area contributed by atoms with Crippen molar-refractivity contribution in [3.63, 3.8) is 0 Å². The van der Waals surface area contributed by atoms with E-state index in [-0.39, 0.29) is 5.91 Å². The fraction of sp³-hybridized carbons (Fsp3) is 0.0526. The summed E-state index contributed by atoms with van der Waals surface area (Å²) in [5.41, 5.74) is 2.16. The van der Waals surface area contributed by atoms with Crippen molar-refractivity contribution in [3.05, 3.63) is 90.3 Å². The van der Waals surface area contributed by atoms with Crippen LogP contribution in [0.2, 0.25) is 0 Å². The highest BCUT2D eigenvalue weighted by Crippen LogP contribution is 2.19. The summed E-state index contributed by atoms with van der Waals surface area (Å²) in [6.45, 7) is 0.386. The minimum atomic E-state index is -0.146. The number of carbonyl (C=O) groups is 1. The van der Waals surface area contributed by atoms with Crippen molar-refractivity contribution in [1.82, 2.24) is 4.98 Å². The van der Waals surface area contributed by atoms with Gasteiger partial charge in [-0.05, 0) is 36.4 Å². The lowest BCUT2D eigenvalue weighted by molar-refractivity contribution is 0.102. The molecule has 0 bridgehead atoms. The predicted octanol–water partition coefficient (Wildman–Crippen LogP) is 3.91. The molecule has 0 aliphatic rings. The number of aromatic nitrogens is 1. The summed E-state index contributed by atoms with van der Waals surface area (Å²) in [4.78, 5) is 16.4. The summed E-state index contributed by atoms with van der Waals surface area (Å²) in [6, 6.07) is 22.1. The zero-order valence-electron chi connectivity index (χ0n) is 12.5. The molecule has 3 rings (SSSR count). The van der Waals surface area contributed by atoms with E-state index in [2.05, 4.69) is 10.3 Å². The third-order valence-electron chi connectivity index (χ3n) is 3.24. The molecular weight excluding hydrogens is 288 g/mol. The van der Waals surface area contributed by atoms with E-state index in [1.54, 1.807) is 24.4 Å². The number of benzene rings is 2. The Morgan fingerprint density at radius 2 is 1.78 bits per heavy atom. The number of nitrogens with zero attached hydrogens (tertiary/aromatic N) is 1. The molecule has 0 fully saturated rings. The fourth-order valence-corrected chi connectivity index (χ4v) is 2.10. The van der Waals surface area contributed by atoms with Gasteiger partial charge in [-0.3, -0.25) is 9.78 Å². The van der Waals surface area contributed by atoms with Gasteiger partial charge in [0, 0.05) is 23.5 Å². The van der Waals surface area contributed by atoms with E-state index in [1.807, 2.05) is 54.6 Å². The quantitative estimate of drug-likeness (QED) is 0.777. The Balaban J connectivity index is 1.64. The van der Waals surface area contributed by atoms with Crippen LogP contribution in [-0.2, 0) is 6.61 Å². The summed E-state index contributed by atoms with van der Waals surface area (Å²) in [5, 5.41) is 2.86. The van der Waals surface area contributed by atoms with Crippen molar-refractivity contribution >= 4 is 11.6 Å². The van der Waals surface area contributed by atoms with Crippen LogP contribution in [-0.4, -0.2) is 10.9 Å². The van der Waals surface area contributed by atoms with E-state index < -0.39 is 0 Å². The van der Waals surface area contributed by atoms with Crippen molar-refractivity contribution in [1.29, 1.82) is 0 Å². The first kappa shape index (κ1) is 14.8. The summed E-state index contributed by atoms with van der Waals surface area (Å²) >= 11 is 0. The van der Waals surface area contributed by atoms with E-state index in [0.717, 1.165) is 5.69 Å². The molecule has 0 aliphatic heterocycles. The zero-order chi connectivity index (χ0) is 15.9. The molecule has 1 amide bonds. The second-order valence-electron chi connectivity index (χ2n) is 4.96. The highest BCUT2D eigenvalue weighted by molar-refractivity contribution is 6.04. The van der Waals surface area contributed by atoms with Gasteiger partial charge in [0.05, 0.1) is 5.69 Å². The fourth-order valence-electron chi connectivity index (χ4n) is 2.10. The molecule has 4 heteroatoms. The minimum absolute atomic E-state index is 0.146. The average Bonchev–Trinajstić information content (AvgIpc) is 2.62. The summed E-state index contributed by atoms with van der Waals surface area (Å²) in [6.07, 6.45) is 1.73. The monoisotopic (exact) mass is 304 g/mol. The van der Waals surface area contributed by atoms with Crippen molar-refractivity contribution in [3.8, 4) is 5.75 Å². The molecule has 0 spiro atoms. The van der Waals surface area contributed by atoms with Gasteiger partial charge in [0.15, 0.2) is 0 Å². The number of pyridine rings is 1. The van der Waals surface area contributed by atoms with E-state index in [0.29, 0.717) is 23.6 Å². The summed E-state index contributed by atoms with van der Waals surface area (Å²) < 4.78 is 5.71. The minimum Gasteiger partial charge on any atom is -0.487 e. The molecule has 0 unspecified atom stereocenters. The first-order valence-corrected chi connectivity index (χ1v) is 7.30. The Kier molecular flexibility index (Phi) is 4.64. The molecule has 4 nitrogen and oxygen atoms in total. The van der Waals surface area contributed by atoms with E-state index in [9.17, 15) is 4.79 Å². The third kappa shape index (κ3) is 4.17. The molecule has 1 N–H and O–H groups in total. The molecule has 3 aromatic rings. The Bertz CT molecular complexity index is 774. The van der Waals surface area contributed by atoms with Gasteiger partial charge < -0.3 is 10.1 Å². The molecular formula is C19H16N2O2. The maximum Gasteiger partial charge on any atom is 0.255 e. The van der Waals surface area contributed by atoms with Gasteiger partial charge in [-0.1, -0.05) is 30.3 Å². The van der Waals surface area contributed by atoms with Crippen molar-refractivity contribution < 1.29 is 9.53 Å². The van der Waals surface area contributed by atoms with Crippen LogP contribution in [0.25, 0.3) is 0 Å². The zero-order valence-corrected chi connectivity index (χ0v) is 12.5. The number of anilines is 1. The lowest BCUT2D eigenvalue weighted by atomic mass is 10.2. The molecule has 0 saturated carbocycles. The number of hydrogen-bond acceptors (Lipinski definition) is 3. The first-order valence-electron chi connectivity index (χ1n) is 7.30. The van der Waals surface area contributed by atoms with E-state index in [1.165, 1.54) is 0 Å². The van der Waals surface area contributed by atoms with Crippen LogP contribution in [0, 0.1) is 0 Å². The Morgan fingerprint density at radius 3 is 2.57 bits per heavy atom. The van der Waals surface area contributed by atoms with Gasteiger partial charge in [-0.2, -0.15) is 0 Å². The molecule has 1 aromatic heterocycles. The van der Waals surface area contributed by atoms with E-state index in [4.69, 9.17) is 4.74 Å². The number of hydrogen-bond donors (Lipinski definition) is 1. The normalized spacial score (nSPS) is 10.1. The predicted molar refractivity (Wildman–Crippen MR) is 89.4 cm³/mol. The lowest BCUT2D eigenvalue weighted by Crippen LogP contribution is -2.11. The summed E-state index contributed by atoms with van der Waals surface area (Å²) in [5.74, 6) is 0.536. The molecule has 0 aliphatic carbocycles. The molecule has 0 atom stereocenters. The van der Waals surface area contributed by atoms with Crippen LogP contribution in [0.3, 0.4) is 0 Å². The largest absolute Gasteiger partial charge is 0.487 e. The van der Waals surface area contributed by atoms with Crippen molar-refractivity contribution in [2.45, 2.75) is 6.61 Å². The number of ether oxygens (including phenoxy) is 1. The number of nitrogens with one attached hydrogen (secondary N) is 1. The van der Waals surface area contributed by atoms with Gasteiger partial charge in [0.25, 0.3) is 5.91 Å². The van der Waals surface area contributed by atoms with Gasteiger partial charge in [-0.25, -0.2) is 0 Å². The van der Waals surface area contributed by atoms with Crippen LogP contribution in [0.5, 0.6) is 5.75 Å². The van der Waals surface area contributed by atoms with E-state index >= 15 is 0 Å². The number of rotatable bonds is 5. The van der Waals surface area contributed by atoms with Gasteiger partial charge in [-0.15, -0.1) is 0 Å². The third-order valence-corrected chi connectivity index (χ3v) is 3.24. The molecule has 2 aromatic carbocycles. The van der Waals surface area contributed by atoms with Crippen LogP contribution >= 0.6 is 0 Å². The molecule has 0 radical (unpaired) electrons. The van der Waals surface area contributed by atoms with Crippen molar-refractivity contribution in [2.24, 2.45) is 0 Å². The highest BCUT2D eigenvalue weighted by Gasteiger charge is 2.06. The van der Waals surface area contributed by atoms with Crippen LogP contribution in [0.1, 0.15) is 16.1 Å². The van der Waals surface area contributed by atoms with Crippen LogP contribution < -0.4 is 10.1 Å². The van der Waals surface area contributed by atoms with Crippen molar-refractivity contribution in [2.75, 3.05) is 5.32 Å². The maximum absolute atomic E-state index is 12.1. The maximum atomic E-state index is 12.1. The van der Waals surface area contributed by atoms with Gasteiger partial charge >= 0.3 is 0 Å². The second kappa shape index (κ2) is 7.22. The molecule has 0 saturated heterocycles. The van der Waals surface area contributed by atoms with Gasteiger partial charge in [0.2, 0.25) is 0 Å². The number of carbonyl (C=O) groups excluding carboxylic acids is 1. The Hall–Kier alpha value is -3.14. The topological polar surface area (TPSA) is 51.2 Å². The molecule has 1 heterocycles. The highest BCUT2D eigenvalue weighted by atomic mass is 16.5. The SMILES string of the molecule is O=C(Nc1cccc(OCc2ccccn2)c1)c1ccccc1. The average molecular weight is 304 g/mol. The van der Waals surface area contributed by atoms with Gasteiger partial charge in [0.1, 0.15) is 12.4 Å². The standard InChI is InChI=1S/C19H16N2O2/c22-19(15-7-2-1-3-8-15)21-16-10-6-11-18(13-16)23-14-17-9-4-5-12-20-17/h1-13H,14H2,(H,21,22). The van der Waals surface area contributed by atoms with Crippen LogP contribution in [0.4, 0.5) is 5.69 Å². The lowest BCUT2D eigenvalue weighted by Gasteiger charge is -2.09. The summed E-state index contributed by atoms with van der Waals surface area (Å²) in [7, 11) is 0. The second-order valence-corrected chi connectivity index (χ2v) is 4.96. The molecule has 114 valence electrons. The smallest absolute Gasteiger partial charge is 0.255 e. The van der Waals surface area contributed by atoms with Crippen LogP contribution in [0.15, 0.2) is 79.0 Å². The molecule has 23 heavy (non-hydrogen) atoms. The Morgan fingerprint density at radius 1 is 0.957 bits per heavy atom. The number of amides is 1. The first-order chi connectivity index (χ1) is 11.3. The Labute approximate surface area is 134 Å².